The molecule has 0 fully saturated rings. The monoisotopic (exact) mass is 230 g/mol. The number of nitrogens with zero attached hydrogens (tertiary/aromatic N) is 3. The Bertz CT molecular complexity index is 530. The van der Waals surface area contributed by atoms with Gasteiger partial charge in [-0.3, -0.25) is 0 Å². The zero-order valence-electron chi connectivity index (χ0n) is 8.18. The van der Waals surface area contributed by atoms with Crippen molar-refractivity contribution >= 4 is 23.2 Å². The molecule has 78 valence electrons. The molecule has 0 aliphatic rings. The topological polar surface area (TPSA) is 61.6 Å². The number of benzene rings is 1. The van der Waals surface area contributed by atoms with E-state index in [0.717, 1.165) is 5.69 Å². The molecule has 0 spiro atoms. The van der Waals surface area contributed by atoms with Gasteiger partial charge in [-0.15, -0.1) is 0 Å². The molecule has 0 radical (unpaired) electrons. The molecule has 16 heavy (non-hydrogen) atoms. The third kappa shape index (κ3) is 2.47. The third-order valence-electron chi connectivity index (χ3n) is 1.89. The minimum Gasteiger partial charge on any atom is -0.324 e. The molecule has 1 N–H and O–H groups in total. The second kappa shape index (κ2) is 4.60. The second-order valence-electron chi connectivity index (χ2n) is 3.02. The van der Waals surface area contributed by atoms with Crippen LogP contribution in [0.15, 0.2) is 36.5 Å². The Balaban J connectivity index is 2.18. The first-order chi connectivity index (χ1) is 7.78. The molecule has 0 atom stereocenters. The quantitative estimate of drug-likeness (QED) is 0.806. The van der Waals surface area contributed by atoms with Crippen molar-refractivity contribution in [2.75, 3.05) is 5.32 Å². The van der Waals surface area contributed by atoms with E-state index in [0.29, 0.717) is 16.7 Å². The molecular formula is C11H7ClN4. The number of hydrogen-bond acceptors (Lipinski definition) is 4. The van der Waals surface area contributed by atoms with E-state index < -0.39 is 0 Å². The molecule has 2 aromatic rings. The summed E-state index contributed by atoms with van der Waals surface area (Å²) in [6.45, 7) is 0. The van der Waals surface area contributed by atoms with Gasteiger partial charge in [0.05, 0.1) is 11.6 Å². The fourth-order valence-corrected chi connectivity index (χ4v) is 1.29. The van der Waals surface area contributed by atoms with Crippen LogP contribution in [0.25, 0.3) is 0 Å². The van der Waals surface area contributed by atoms with E-state index in [9.17, 15) is 0 Å². The molecule has 0 bridgehead atoms. The normalized spacial score (nSPS) is 9.50. The van der Waals surface area contributed by atoms with Crippen molar-refractivity contribution in [1.29, 1.82) is 5.26 Å². The third-order valence-corrected chi connectivity index (χ3v) is 2.10. The van der Waals surface area contributed by atoms with E-state index in [-0.39, 0.29) is 0 Å². The van der Waals surface area contributed by atoms with Crippen LogP contribution < -0.4 is 5.32 Å². The Hall–Kier alpha value is -2.12. The van der Waals surface area contributed by atoms with Gasteiger partial charge in [-0.2, -0.15) is 5.26 Å². The lowest BCUT2D eigenvalue weighted by molar-refractivity contribution is 1.17. The molecule has 1 heterocycles. The first kappa shape index (κ1) is 10.4. The van der Waals surface area contributed by atoms with Crippen LogP contribution in [0.1, 0.15) is 5.56 Å². The van der Waals surface area contributed by atoms with Crippen LogP contribution in [0.3, 0.4) is 0 Å². The van der Waals surface area contributed by atoms with E-state index in [2.05, 4.69) is 15.3 Å². The van der Waals surface area contributed by atoms with Crippen molar-refractivity contribution in [3.8, 4) is 6.07 Å². The van der Waals surface area contributed by atoms with Gasteiger partial charge in [-0.1, -0.05) is 11.6 Å². The Kier molecular flexibility index (Phi) is 2.99. The molecule has 0 aliphatic heterocycles. The summed E-state index contributed by atoms with van der Waals surface area (Å²) in [4.78, 5) is 8.00. The van der Waals surface area contributed by atoms with Gasteiger partial charge in [0.15, 0.2) is 0 Å². The maximum Gasteiger partial charge on any atom is 0.228 e. The van der Waals surface area contributed by atoms with Gasteiger partial charge in [0.2, 0.25) is 5.95 Å². The molecule has 0 unspecified atom stereocenters. The van der Waals surface area contributed by atoms with Crippen molar-refractivity contribution in [1.82, 2.24) is 9.97 Å². The molecule has 5 heteroatoms. The standard InChI is InChI=1S/C11H7ClN4/c12-10-5-6-14-11(16-10)15-9-3-1-8(7-13)2-4-9/h1-6H,(H,14,15,16). The average molecular weight is 231 g/mol. The fraction of sp³-hybridized carbons (Fsp3) is 0. The van der Waals surface area contributed by atoms with Crippen LogP contribution in [0.5, 0.6) is 0 Å². The highest BCUT2D eigenvalue weighted by atomic mass is 35.5. The maximum absolute atomic E-state index is 8.64. The Labute approximate surface area is 97.5 Å². The van der Waals surface area contributed by atoms with Crippen molar-refractivity contribution in [3.63, 3.8) is 0 Å². The van der Waals surface area contributed by atoms with Gasteiger partial charge >= 0.3 is 0 Å². The van der Waals surface area contributed by atoms with Gasteiger partial charge in [0.25, 0.3) is 0 Å². The van der Waals surface area contributed by atoms with Crippen LogP contribution in [-0.4, -0.2) is 9.97 Å². The maximum atomic E-state index is 8.64. The van der Waals surface area contributed by atoms with Gasteiger partial charge in [0.1, 0.15) is 5.15 Å². The fourth-order valence-electron chi connectivity index (χ4n) is 1.15. The minimum atomic E-state index is 0.381. The predicted molar refractivity (Wildman–Crippen MR) is 61.5 cm³/mol. The lowest BCUT2D eigenvalue weighted by Crippen LogP contribution is -1.96. The summed E-state index contributed by atoms with van der Waals surface area (Å²) in [5.74, 6) is 0.428. The Morgan fingerprint density at radius 1 is 1.19 bits per heavy atom. The number of aromatic nitrogens is 2. The molecule has 2 rings (SSSR count). The Morgan fingerprint density at radius 3 is 2.56 bits per heavy atom. The largest absolute Gasteiger partial charge is 0.324 e. The molecule has 0 amide bonds. The summed E-state index contributed by atoms with van der Waals surface area (Å²) < 4.78 is 0. The van der Waals surface area contributed by atoms with E-state index in [1.54, 1.807) is 36.5 Å². The van der Waals surface area contributed by atoms with Crippen molar-refractivity contribution in [2.45, 2.75) is 0 Å². The molecule has 1 aromatic heterocycles. The van der Waals surface area contributed by atoms with Crippen molar-refractivity contribution in [2.24, 2.45) is 0 Å². The first-order valence-corrected chi connectivity index (χ1v) is 4.91. The van der Waals surface area contributed by atoms with Gasteiger partial charge in [-0.05, 0) is 30.3 Å². The smallest absolute Gasteiger partial charge is 0.228 e. The van der Waals surface area contributed by atoms with Crippen LogP contribution in [0.2, 0.25) is 5.15 Å². The summed E-state index contributed by atoms with van der Waals surface area (Å²) in [5.41, 5.74) is 1.42. The van der Waals surface area contributed by atoms with Crippen molar-refractivity contribution in [3.05, 3.63) is 47.2 Å². The Morgan fingerprint density at radius 2 is 1.94 bits per heavy atom. The summed E-state index contributed by atoms with van der Waals surface area (Å²) in [6, 6.07) is 10.6. The van der Waals surface area contributed by atoms with Gasteiger partial charge in [-0.25, -0.2) is 9.97 Å². The molecular weight excluding hydrogens is 224 g/mol. The zero-order chi connectivity index (χ0) is 11.4. The lowest BCUT2D eigenvalue weighted by atomic mass is 10.2. The molecule has 0 saturated heterocycles. The number of rotatable bonds is 2. The number of halogens is 1. The van der Waals surface area contributed by atoms with Crippen LogP contribution in [0, 0.1) is 11.3 Å². The van der Waals surface area contributed by atoms with Crippen LogP contribution in [-0.2, 0) is 0 Å². The number of hydrogen-bond donors (Lipinski definition) is 1. The summed E-state index contributed by atoms with van der Waals surface area (Å²) in [7, 11) is 0. The predicted octanol–water partition coefficient (Wildman–Crippen LogP) is 2.75. The minimum absolute atomic E-state index is 0.381. The number of nitrogens with one attached hydrogen (secondary N) is 1. The van der Waals surface area contributed by atoms with Gasteiger partial charge < -0.3 is 5.32 Å². The van der Waals surface area contributed by atoms with Gasteiger partial charge in [0, 0.05) is 11.9 Å². The summed E-state index contributed by atoms with van der Waals surface area (Å²) in [5, 5.41) is 12.0. The molecule has 1 aromatic carbocycles. The number of nitriles is 1. The highest BCUT2D eigenvalue weighted by Gasteiger charge is 1.98. The first-order valence-electron chi connectivity index (χ1n) is 4.53. The molecule has 4 nitrogen and oxygen atoms in total. The van der Waals surface area contributed by atoms with E-state index in [4.69, 9.17) is 16.9 Å². The molecule has 0 aliphatic carbocycles. The SMILES string of the molecule is N#Cc1ccc(Nc2nccc(Cl)n2)cc1. The number of anilines is 2. The van der Waals surface area contributed by atoms with E-state index in [1.807, 2.05) is 6.07 Å². The van der Waals surface area contributed by atoms with Crippen LogP contribution >= 0.6 is 11.6 Å². The second-order valence-corrected chi connectivity index (χ2v) is 3.40. The molecule has 0 saturated carbocycles. The lowest BCUT2D eigenvalue weighted by Gasteiger charge is -2.03. The highest BCUT2D eigenvalue weighted by Crippen LogP contribution is 2.14. The average Bonchev–Trinajstić information content (AvgIpc) is 2.30. The van der Waals surface area contributed by atoms with Crippen molar-refractivity contribution < 1.29 is 0 Å². The summed E-state index contributed by atoms with van der Waals surface area (Å²) in [6.07, 6.45) is 1.57. The zero-order valence-corrected chi connectivity index (χ0v) is 8.94. The van der Waals surface area contributed by atoms with E-state index >= 15 is 0 Å². The summed E-state index contributed by atoms with van der Waals surface area (Å²) >= 11 is 5.72. The van der Waals surface area contributed by atoms with E-state index in [1.165, 1.54) is 0 Å². The van der Waals surface area contributed by atoms with Crippen LogP contribution in [0.4, 0.5) is 11.6 Å². The highest BCUT2D eigenvalue weighted by molar-refractivity contribution is 6.29.